The molecule has 0 radical (unpaired) electrons. The van der Waals surface area contributed by atoms with Crippen molar-refractivity contribution in [3.63, 3.8) is 0 Å². The summed E-state index contributed by atoms with van der Waals surface area (Å²) in [6.07, 6.45) is 1.11. The van der Waals surface area contributed by atoms with Crippen LogP contribution in [0.25, 0.3) is 0 Å². The van der Waals surface area contributed by atoms with Gasteiger partial charge in [0.1, 0.15) is 0 Å². The van der Waals surface area contributed by atoms with E-state index in [2.05, 4.69) is 57.8 Å². The van der Waals surface area contributed by atoms with Gasteiger partial charge in [-0.15, -0.1) is 11.3 Å². The van der Waals surface area contributed by atoms with Crippen molar-refractivity contribution in [1.29, 1.82) is 0 Å². The third-order valence-electron chi connectivity index (χ3n) is 3.82. The molecule has 1 unspecified atom stereocenters. The first-order valence-corrected chi connectivity index (χ1v) is 8.09. The first-order chi connectivity index (χ1) is 9.81. The molecule has 106 valence electrons. The van der Waals surface area contributed by atoms with Crippen molar-refractivity contribution in [2.75, 3.05) is 19.6 Å². The molecule has 0 saturated carbocycles. The number of nitrogens with zero attached hydrogens (tertiary/aromatic N) is 2. The van der Waals surface area contributed by atoms with Crippen LogP contribution in [0, 0.1) is 6.92 Å². The van der Waals surface area contributed by atoms with Gasteiger partial charge in [-0.05, 0) is 18.9 Å². The van der Waals surface area contributed by atoms with E-state index in [0.717, 1.165) is 37.6 Å². The Balaban J connectivity index is 1.67. The molecule has 0 aliphatic carbocycles. The molecular formula is C16H21N3S. The smallest absolute Gasteiger partial charge is 0.0897 e. The Bertz CT molecular complexity index is 538. The molecule has 2 heterocycles. The van der Waals surface area contributed by atoms with Gasteiger partial charge < -0.3 is 5.32 Å². The lowest BCUT2D eigenvalue weighted by Gasteiger charge is -2.36. The summed E-state index contributed by atoms with van der Waals surface area (Å²) in [5.41, 5.74) is 2.63. The molecular weight excluding hydrogens is 266 g/mol. The van der Waals surface area contributed by atoms with Crippen molar-refractivity contribution in [2.45, 2.75) is 25.9 Å². The molecule has 3 nitrogen and oxygen atoms in total. The quantitative estimate of drug-likeness (QED) is 0.936. The van der Waals surface area contributed by atoms with Gasteiger partial charge in [0.05, 0.1) is 10.7 Å². The molecule has 1 aliphatic rings. The standard InChI is InChI=1S/C16H21N3S/c1-13-18-15(12-20-13)11-19-8-7-17-10-16(19)9-14-5-3-2-4-6-14/h2-6,12,16-17H,7-11H2,1H3. The first-order valence-electron chi connectivity index (χ1n) is 7.21. The molecule has 0 spiro atoms. The number of hydrogen-bond acceptors (Lipinski definition) is 4. The molecule has 3 rings (SSSR count). The Labute approximate surface area is 124 Å². The van der Waals surface area contributed by atoms with Gasteiger partial charge in [-0.2, -0.15) is 0 Å². The van der Waals surface area contributed by atoms with Gasteiger partial charge >= 0.3 is 0 Å². The fraction of sp³-hybridized carbons (Fsp3) is 0.438. The summed E-state index contributed by atoms with van der Waals surface area (Å²) >= 11 is 1.74. The molecule has 0 amide bonds. The molecule has 0 bridgehead atoms. The monoisotopic (exact) mass is 287 g/mol. The van der Waals surface area contributed by atoms with E-state index in [1.807, 2.05) is 0 Å². The molecule has 1 saturated heterocycles. The molecule has 1 aromatic carbocycles. The highest BCUT2D eigenvalue weighted by Crippen LogP contribution is 2.16. The van der Waals surface area contributed by atoms with Crippen molar-refractivity contribution in [1.82, 2.24) is 15.2 Å². The van der Waals surface area contributed by atoms with E-state index >= 15 is 0 Å². The summed E-state index contributed by atoms with van der Waals surface area (Å²) in [6.45, 7) is 6.30. The van der Waals surface area contributed by atoms with Crippen LogP contribution in [0.3, 0.4) is 0 Å². The second-order valence-corrected chi connectivity index (χ2v) is 6.44. The van der Waals surface area contributed by atoms with Crippen LogP contribution in [-0.2, 0) is 13.0 Å². The molecule has 4 heteroatoms. The minimum atomic E-state index is 0.563. The summed E-state index contributed by atoms with van der Waals surface area (Å²) in [5, 5.41) is 6.87. The number of rotatable bonds is 4. The van der Waals surface area contributed by atoms with E-state index in [-0.39, 0.29) is 0 Å². The second-order valence-electron chi connectivity index (χ2n) is 5.38. The summed E-state index contributed by atoms with van der Waals surface area (Å²) in [5.74, 6) is 0. The van der Waals surface area contributed by atoms with Crippen LogP contribution in [-0.4, -0.2) is 35.6 Å². The minimum Gasteiger partial charge on any atom is -0.314 e. The SMILES string of the molecule is Cc1nc(CN2CCNCC2Cc2ccccc2)cs1. The zero-order chi connectivity index (χ0) is 13.8. The predicted molar refractivity (Wildman–Crippen MR) is 84.1 cm³/mol. The Hall–Kier alpha value is -1.23. The van der Waals surface area contributed by atoms with Gasteiger partial charge in [0.15, 0.2) is 0 Å². The predicted octanol–water partition coefficient (Wildman–Crippen LogP) is 2.47. The van der Waals surface area contributed by atoms with Gasteiger partial charge in [-0.25, -0.2) is 4.98 Å². The highest BCUT2D eigenvalue weighted by Gasteiger charge is 2.23. The van der Waals surface area contributed by atoms with E-state index in [1.54, 1.807) is 11.3 Å². The number of aryl methyl sites for hydroxylation is 1. The average Bonchev–Trinajstić information content (AvgIpc) is 2.88. The maximum absolute atomic E-state index is 4.60. The maximum atomic E-state index is 4.60. The first kappa shape index (κ1) is 13.7. The van der Waals surface area contributed by atoms with Crippen LogP contribution in [0.2, 0.25) is 0 Å². The number of aromatic nitrogens is 1. The average molecular weight is 287 g/mol. The molecule has 1 aliphatic heterocycles. The zero-order valence-corrected chi connectivity index (χ0v) is 12.7. The molecule has 1 atom stereocenters. The highest BCUT2D eigenvalue weighted by molar-refractivity contribution is 7.09. The number of hydrogen-bond donors (Lipinski definition) is 1. The third kappa shape index (κ3) is 3.45. The van der Waals surface area contributed by atoms with Gasteiger partial charge in [-0.3, -0.25) is 4.90 Å². The van der Waals surface area contributed by atoms with Crippen molar-refractivity contribution in [2.24, 2.45) is 0 Å². The van der Waals surface area contributed by atoms with Gasteiger partial charge in [0.25, 0.3) is 0 Å². The van der Waals surface area contributed by atoms with Crippen LogP contribution in [0.4, 0.5) is 0 Å². The highest BCUT2D eigenvalue weighted by atomic mass is 32.1. The van der Waals surface area contributed by atoms with Crippen molar-refractivity contribution >= 4 is 11.3 Å². The van der Waals surface area contributed by atoms with Crippen LogP contribution in [0.15, 0.2) is 35.7 Å². The van der Waals surface area contributed by atoms with Crippen molar-refractivity contribution in [3.8, 4) is 0 Å². The van der Waals surface area contributed by atoms with Gasteiger partial charge in [0, 0.05) is 37.6 Å². The number of nitrogens with one attached hydrogen (secondary N) is 1. The molecule has 1 aromatic heterocycles. The Morgan fingerprint density at radius 2 is 2.20 bits per heavy atom. The van der Waals surface area contributed by atoms with Crippen LogP contribution >= 0.6 is 11.3 Å². The third-order valence-corrected chi connectivity index (χ3v) is 4.64. The Kier molecular flexibility index (Phi) is 4.45. The summed E-state index contributed by atoms with van der Waals surface area (Å²) in [6, 6.07) is 11.3. The lowest BCUT2D eigenvalue weighted by Crippen LogP contribution is -2.51. The Morgan fingerprint density at radius 3 is 2.95 bits per heavy atom. The minimum absolute atomic E-state index is 0.563. The lowest BCUT2D eigenvalue weighted by molar-refractivity contribution is 0.150. The number of piperazine rings is 1. The number of benzene rings is 1. The summed E-state index contributed by atoms with van der Waals surface area (Å²) in [7, 11) is 0. The molecule has 1 N–H and O–H groups in total. The second kappa shape index (κ2) is 6.48. The van der Waals surface area contributed by atoms with Gasteiger partial charge in [-0.1, -0.05) is 30.3 Å². The number of thiazole rings is 1. The topological polar surface area (TPSA) is 28.2 Å². The fourth-order valence-electron chi connectivity index (χ4n) is 2.79. The van der Waals surface area contributed by atoms with E-state index in [9.17, 15) is 0 Å². The molecule has 1 fully saturated rings. The molecule has 20 heavy (non-hydrogen) atoms. The largest absolute Gasteiger partial charge is 0.314 e. The van der Waals surface area contributed by atoms with Crippen LogP contribution < -0.4 is 5.32 Å². The van der Waals surface area contributed by atoms with E-state index < -0.39 is 0 Å². The maximum Gasteiger partial charge on any atom is 0.0897 e. The lowest BCUT2D eigenvalue weighted by atomic mass is 10.0. The summed E-state index contributed by atoms with van der Waals surface area (Å²) in [4.78, 5) is 7.17. The Morgan fingerprint density at radius 1 is 1.35 bits per heavy atom. The van der Waals surface area contributed by atoms with Crippen LogP contribution in [0.5, 0.6) is 0 Å². The van der Waals surface area contributed by atoms with E-state index in [1.165, 1.54) is 11.3 Å². The van der Waals surface area contributed by atoms with E-state index in [4.69, 9.17) is 0 Å². The van der Waals surface area contributed by atoms with Crippen molar-refractivity contribution < 1.29 is 0 Å². The van der Waals surface area contributed by atoms with Crippen molar-refractivity contribution in [3.05, 3.63) is 52.0 Å². The van der Waals surface area contributed by atoms with Gasteiger partial charge in [0.2, 0.25) is 0 Å². The summed E-state index contributed by atoms with van der Waals surface area (Å²) < 4.78 is 0. The van der Waals surface area contributed by atoms with Crippen LogP contribution in [0.1, 0.15) is 16.3 Å². The normalized spacial score (nSPS) is 20.1. The van der Waals surface area contributed by atoms with E-state index in [0.29, 0.717) is 6.04 Å². The fourth-order valence-corrected chi connectivity index (χ4v) is 3.39. The zero-order valence-electron chi connectivity index (χ0n) is 11.9. The molecule has 2 aromatic rings.